The highest BCUT2D eigenvalue weighted by Crippen LogP contribution is 2.37. The van der Waals surface area contributed by atoms with Crippen LogP contribution in [0.3, 0.4) is 0 Å². The number of rotatable bonds is 4. The minimum atomic E-state index is -0.277. The van der Waals surface area contributed by atoms with Crippen LogP contribution >= 0.6 is 11.8 Å². The third kappa shape index (κ3) is 3.01. The molecule has 2 N–H and O–H groups in total. The van der Waals surface area contributed by atoms with Crippen LogP contribution in [0.15, 0.2) is 30.3 Å². The molecule has 17 heavy (non-hydrogen) atoms. The second-order valence-electron chi connectivity index (χ2n) is 4.23. The van der Waals surface area contributed by atoms with Crippen molar-refractivity contribution in [2.24, 2.45) is 5.73 Å². The number of amides is 1. The average Bonchev–Trinajstić information content (AvgIpc) is 2.72. The first kappa shape index (κ1) is 12.5. The van der Waals surface area contributed by atoms with Crippen LogP contribution in [-0.2, 0) is 9.53 Å². The van der Waals surface area contributed by atoms with Crippen molar-refractivity contribution in [1.82, 2.24) is 0 Å². The molecule has 0 unspecified atom stereocenters. The quantitative estimate of drug-likeness (QED) is 0.891. The number of carbonyl (C=O) groups is 1. The Morgan fingerprint density at radius 3 is 2.71 bits per heavy atom. The molecule has 1 aromatic carbocycles. The summed E-state index contributed by atoms with van der Waals surface area (Å²) in [6, 6.07) is 9.69. The van der Waals surface area contributed by atoms with Gasteiger partial charge in [0.1, 0.15) is 5.25 Å². The van der Waals surface area contributed by atoms with Crippen LogP contribution in [-0.4, -0.2) is 23.9 Å². The van der Waals surface area contributed by atoms with Crippen molar-refractivity contribution < 1.29 is 9.53 Å². The van der Waals surface area contributed by atoms with Crippen LogP contribution in [0.5, 0.6) is 0 Å². The molecule has 3 nitrogen and oxygen atoms in total. The van der Waals surface area contributed by atoms with E-state index in [9.17, 15) is 4.79 Å². The summed E-state index contributed by atoms with van der Waals surface area (Å²) in [6.07, 6.45) is 1.19. The largest absolute Gasteiger partial charge is 0.377 e. The second kappa shape index (κ2) is 5.56. The number of ether oxygens (including phenoxy) is 1. The Bertz CT molecular complexity index is 382. The summed E-state index contributed by atoms with van der Waals surface area (Å²) in [5, 5.41) is 0.0815. The van der Waals surface area contributed by atoms with E-state index < -0.39 is 0 Å². The summed E-state index contributed by atoms with van der Waals surface area (Å²) in [7, 11) is 0. The molecule has 1 amide bonds. The number of benzene rings is 1. The molecule has 1 saturated heterocycles. The highest BCUT2D eigenvalue weighted by molar-refractivity contribution is 8.00. The van der Waals surface area contributed by atoms with E-state index in [-0.39, 0.29) is 17.3 Å². The molecule has 0 spiro atoms. The molecule has 3 atom stereocenters. The van der Waals surface area contributed by atoms with Crippen LogP contribution < -0.4 is 5.73 Å². The Labute approximate surface area is 106 Å². The normalized spacial score (nSPS) is 25.7. The Morgan fingerprint density at radius 2 is 2.18 bits per heavy atom. The number of hydrogen-bond donors (Lipinski definition) is 1. The van der Waals surface area contributed by atoms with Gasteiger partial charge in [0.05, 0.1) is 6.10 Å². The zero-order chi connectivity index (χ0) is 12.3. The highest BCUT2D eigenvalue weighted by atomic mass is 32.2. The van der Waals surface area contributed by atoms with Gasteiger partial charge < -0.3 is 10.5 Å². The second-order valence-corrected chi connectivity index (χ2v) is 5.58. The highest BCUT2D eigenvalue weighted by Gasteiger charge is 2.30. The topological polar surface area (TPSA) is 52.3 Å². The fourth-order valence-corrected chi connectivity index (χ4v) is 3.33. The summed E-state index contributed by atoms with van der Waals surface area (Å²) in [5.41, 5.74) is 6.47. The molecule has 1 aliphatic rings. The maximum absolute atomic E-state index is 11.6. The molecule has 4 heteroatoms. The van der Waals surface area contributed by atoms with E-state index in [2.05, 4.69) is 0 Å². The first-order valence-corrected chi connectivity index (χ1v) is 6.74. The van der Waals surface area contributed by atoms with Gasteiger partial charge in [-0.1, -0.05) is 30.3 Å². The molecule has 1 aliphatic heterocycles. The summed E-state index contributed by atoms with van der Waals surface area (Å²) < 4.78 is 5.51. The third-order valence-corrected chi connectivity index (χ3v) is 4.72. The molecular formula is C13H17NO2S. The summed E-state index contributed by atoms with van der Waals surface area (Å²) in [5.74, 6) is -0.277. The number of thioether (sulfide) groups is 1. The van der Waals surface area contributed by atoms with E-state index in [0.717, 1.165) is 18.6 Å². The molecule has 0 radical (unpaired) electrons. The van der Waals surface area contributed by atoms with Gasteiger partial charge in [0.15, 0.2) is 0 Å². The van der Waals surface area contributed by atoms with Crippen LogP contribution in [0, 0.1) is 0 Å². The van der Waals surface area contributed by atoms with Crippen LogP contribution in [0.1, 0.15) is 24.2 Å². The van der Waals surface area contributed by atoms with E-state index in [1.165, 1.54) is 0 Å². The molecule has 0 bridgehead atoms. The van der Waals surface area contributed by atoms with Crippen molar-refractivity contribution in [1.29, 1.82) is 0 Å². The van der Waals surface area contributed by atoms with Gasteiger partial charge in [-0.05, 0) is 18.9 Å². The lowest BCUT2D eigenvalue weighted by Crippen LogP contribution is -2.23. The minimum absolute atomic E-state index is 0.200. The lowest BCUT2D eigenvalue weighted by molar-refractivity contribution is -0.117. The number of primary amides is 1. The maximum atomic E-state index is 11.6. The zero-order valence-corrected chi connectivity index (χ0v) is 10.7. The van der Waals surface area contributed by atoms with E-state index in [4.69, 9.17) is 10.5 Å². The number of hydrogen-bond acceptors (Lipinski definition) is 3. The molecule has 0 saturated carbocycles. The van der Waals surface area contributed by atoms with Gasteiger partial charge in [-0.3, -0.25) is 4.79 Å². The van der Waals surface area contributed by atoms with Gasteiger partial charge in [0.25, 0.3) is 0 Å². The third-order valence-electron chi connectivity index (χ3n) is 2.98. The average molecular weight is 251 g/mol. The van der Waals surface area contributed by atoms with Crippen molar-refractivity contribution >= 4 is 17.7 Å². The Morgan fingerprint density at radius 1 is 1.47 bits per heavy atom. The first-order chi connectivity index (χ1) is 8.18. The predicted octanol–water partition coefficient (Wildman–Crippen LogP) is 2.12. The standard InChI is InChI=1S/C13H17NO2S/c1-9-11(7-8-16-9)17-12(13(14)15)10-5-3-2-4-6-10/h2-6,9,11-12H,7-8H2,1H3,(H2,14,15)/t9-,11+,12+/m0/s1. The molecule has 1 fully saturated rings. The van der Waals surface area contributed by atoms with Crippen molar-refractivity contribution in [3.05, 3.63) is 35.9 Å². The Hall–Kier alpha value is -1.00. The number of nitrogens with two attached hydrogens (primary N) is 1. The SMILES string of the molecule is C[C@@H]1OCC[C@H]1S[C@@H](C(N)=O)c1ccccc1. The van der Waals surface area contributed by atoms with Crippen molar-refractivity contribution in [2.75, 3.05) is 6.61 Å². The van der Waals surface area contributed by atoms with E-state index in [0.29, 0.717) is 5.25 Å². The van der Waals surface area contributed by atoms with Gasteiger partial charge >= 0.3 is 0 Å². The van der Waals surface area contributed by atoms with E-state index >= 15 is 0 Å². The van der Waals surface area contributed by atoms with Gasteiger partial charge in [0, 0.05) is 11.9 Å². The molecule has 2 rings (SSSR count). The van der Waals surface area contributed by atoms with Crippen molar-refractivity contribution in [3.63, 3.8) is 0 Å². The van der Waals surface area contributed by atoms with Crippen molar-refractivity contribution in [3.8, 4) is 0 Å². The fraction of sp³-hybridized carbons (Fsp3) is 0.462. The molecular weight excluding hydrogens is 234 g/mol. The van der Waals surface area contributed by atoms with Gasteiger partial charge in [-0.25, -0.2) is 0 Å². The first-order valence-electron chi connectivity index (χ1n) is 5.80. The lowest BCUT2D eigenvalue weighted by atomic mass is 10.1. The van der Waals surface area contributed by atoms with Gasteiger partial charge in [-0.15, -0.1) is 11.8 Å². The summed E-state index contributed by atoms with van der Waals surface area (Å²) >= 11 is 1.62. The van der Waals surface area contributed by atoms with Crippen LogP contribution in [0.25, 0.3) is 0 Å². The predicted molar refractivity (Wildman–Crippen MR) is 69.8 cm³/mol. The van der Waals surface area contributed by atoms with E-state index in [1.807, 2.05) is 37.3 Å². The number of carbonyl (C=O) groups excluding carboxylic acids is 1. The molecule has 1 heterocycles. The monoisotopic (exact) mass is 251 g/mol. The molecule has 0 aromatic heterocycles. The molecule has 92 valence electrons. The lowest BCUT2D eigenvalue weighted by Gasteiger charge is -2.20. The van der Waals surface area contributed by atoms with Crippen LogP contribution in [0.4, 0.5) is 0 Å². The fourth-order valence-electron chi connectivity index (χ4n) is 2.00. The van der Waals surface area contributed by atoms with Crippen LogP contribution in [0.2, 0.25) is 0 Å². The zero-order valence-electron chi connectivity index (χ0n) is 9.84. The Kier molecular flexibility index (Phi) is 4.07. The van der Waals surface area contributed by atoms with Gasteiger partial charge in [-0.2, -0.15) is 0 Å². The molecule has 1 aromatic rings. The smallest absolute Gasteiger partial charge is 0.235 e. The van der Waals surface area contributed by atoms with Gasteiger partial charge in [0.2, 0.25) is 5.91 Å². The van der Waals surface area contributed by atoms with Crippen molar-refractivity contribution in [2.45, 2.75) is 29.9 Å². The Balaban J connectivity index is 2.11. The summed E-state index contributed by atoms with van der Waals surface area (Å²) in [4.78, 5) is 11.6. The summed E-state index contributed by atoms with van der Waals surface area (Å²) in [6.45, 7) is 2.83. The molecule has 0 aliphatic carbocycles. The van der Waals surface area contributed by atoms with E-state index in [1.54, 1.807) is 11.8 Å². The maximum Gasteiger partial charge on any atom is 0.235 e. The minimum Gasteiger partial charge on any atom is -0.377 e.